The monoisotopic (exact) mass is 381 g/mol. The molecule has 0 aliphatic rings. The van der Waals surface area contributed by atoms with Gasteiger partial charge in [0.25, 0.3) is 5.91 Å². The second-order valence-corrected chi connectivity index (χ2v) is 6.49. The number of rotatable bonds is 4. The SMILES string of the molecule is Cc1ccc(NC(=O)COc2c(C)cc(Br)cc2Cl)cc1C. The van der Waals surface area contributed by atoms with Gasteiger partial charge in [0, 0.05) is 10.2 Å². The molecule has 2 rings (SSSR count). The summed E-state index contributed by atoms with van der Waals surface area (Å²) < 4.78 is 6.42. The van der Waals surface area contributed by atoms with E-state index in [1.807, 2.05) is 45.0 Å². The molecule has 22 heavy (non-hydrogen) atoms. The minimum absolute atomic E-state index is 0.0882. The van der Waals surface area contributed by atoms with E-state index < -0.39 is 0 Å². The van der Waals surface area contributed by atoms with Crippen LogP contribution < -0.4 is 10.1 Å². The summed E-state index contributed by atoms with van der Waals surface area (Å²) in [7, 11) is 0. The maximum absolute atomic E-state index is 12.0. The van der Waals surface area contributed by atoms with Crippen LogP contribution in [0.3, 0.4) is 0 Å². The normalized spacial score (nSPS) is 10.4. The molecule has 0 bridgehead atoms. The van der Waals surface area contributed by atoms with Crippen molar-refractivity contribution in [1.29, 1.82) is 0 Å². The summed E-state index contributed by atoms with van der Waals surface area (Å²) in [6.07, 6.45) is 0. The molecule has 0 saturated carbocycles. The van der Waals surface area contributed by atoms with E-state index in [4.69, 9.17) is 16.3 Å². The second-order valence-electron chi connectivity index (χ2n) is 5.17. The van der Waals surface area contributed by atoms with Crippen molar-refractivity contribution in [3.05, 3.63) is 56.5 Å². The molecular weight excluding hydrogens is 366 g/mol. The lowest BCUT2D eigenvalue weighted by Crippen LogP contribution is -2.20. The molecule has 0 aliphatic carbocycles. The summed E-state index contributed by atoms with van der Waals surface area (Å²) >= 11 is 9.49. The molecule has 0 radical (unpaired) electrons. The van der Waals surface area contributed by atoms with Gasteiger partial charge in [0.05, 0.1) is 5.02 Å². The van der Waals surface area contributed by atoms with Gasteiger partial charge in [-0.05, 0) is 61.7 Å². The van der Waals surface area contributed by atoms with Gasteiger partial charge in [-0.1, -0.05) is 33.6 Å². The summed E-state index contributed by atoms with van der Waals surface area (Å²) in [4.78, 5) is 12.0. The van der Waals surface area contributed by atoms with Crippen molar-refractivity contribution in [1.82, 2.24) is 0 Å². The quantitative estimate of drug-likeness (QED) is 0.804. The molecule has 5 heteroatoms. The lowest BCUT2D eigenvalue weighted by molar-refractivity contribution is -0.118. The third-order valence-corrected chi connectivity index (χ3v) is 4.07. The summed E-state index contributed by atoms with van der Waals surface area (Å²) in [6.45, 7) is 5.83. The van der Waals surface area contributed by atoms with Crippen molar-refractivity contribution in [2.75, 3.05) is 11.9 Å². The van der Waals surface area contributed by atoms with Crippen LogP contribution >= 0.6 is 27.5 Å². The molecule has 3 nitrogen and oxygen atoms in total. The molecule has 0 unspecified atom stereocenters. The van der Waals surface area contributed by atoms with Gasteiger partial charge in [0.1, 0.15) is 5.75 Å². The first-order chi connectivity index (χ1) is 10.4. The first-order valence-electron chi connectivity index (χ1n) is 6.82. The van der Waals surface area contributed by atoms with Crippen LogP contribution in [0.5, 0.6) is 5.75 Å². The zero-order valence-electron chi connectivity index (χ0n) is 12.7. The zero-order chi connectivity index (χ0) is 16.3. The third-order valence-electron chi connectivity index (χ3n) is 3.33. The van der Waals surface area contributed by atoms with Crippen molar-refractivity contribution < 1.29 is 9.53 Å². The van der Waals surface area contributed by atoms with Gasteiger partial charge in [-0.3, -0.25) is 4.79 Å². The Hall–Kier alpha value is -1.52. The highest BCUT2D eigenvalue weighted by Crippen LogP contribution is 2.31. The number of hydrogen-bond acceptors (Lipinski definition) is 2. The average Bonchev–Trinajstić information content (AvgIpc) is 2.41. The van der Waals surface area contributed by atoms with Gasteiger partial charge >= 0.3 is 0 Å². The minimum Gasteiger partial charge on any atom is -0.482 e. The molecule has 0 spiro atoms. The zero-order valence-corrected chi connectivity index (χ0v) is 15.0. The molecule has 2 aromatic carbocycles. The Bertz CT molecular complexity index is 693. The number of nitrogens with one attached hydrogen (secondary N) is 1. The average molecular weight is 383 g/mol. The molecule has 1 N–H and O–H groups in total. The van der Waals surface area contributed by atoms with Crippen LogP contribution in [0, 0.1) is 20.8 Å². The number of benzene rings is 2. The molecule has 116 valence electrons. The van der Waals surface area contributed by atoms with Gasteiger partial charge in [0.2, 0.25) is 0 Å². The summed E-state index contributed by atoms with van der Waals surface area (Å²) in [5.74, 6) is 0.307. The van der Waals surface area contributed by atoms with Crippen molar-refractivity contribution in [2.24, 2.45) is 0 Å². The van der Waals surface area contributed by atoms with Crippen molar-refractivity contribution in [3.63, 3.8) is 0 Å². The molecule has 0 fully saturated rings. The fourth-order valence-electron chi connectivity index (χ4n) is 2.03. The topological polar surface area (TPSA) is 38.3 Å². The van der Waals surface area contributed by atoms with Crippen LogP contribution in [-0.4, -0.2) is 12.5 Å². The van der Waals surface area contributed by atoms with E-state index in [-0.39, 0.29) is 12.5 Å². The largest absolute Gasteiger partial charge is 0.482 e. The van der Waals surface area contributed by atoms with E-state index in [1.165, 1.54) is 5.56 Å². The molecule has 2 aromatic rings. The number of halogens is 2. The smallest absolute Gasteiger partial charge is 0.262 e. The minimum atomic E-state index is -0.221. The molecule has 0 heterocycles. The van der Waals surface area contributed by atoms with Crippen LogP contribution in [0.1, 0.15) is 16.7 Å². The number of hydrogen-bond donors (Lipinski definition) is 1. The van der Waals surface area contributed by atoms with Crippen LogP contribution in [0.2, 0.25) is 5.02 Å². The number of amides is 1. The Labute approximate surface area is 143 Å². The first-order valence-corrected chi connectivity index (χ1v) is 7.99. The highest BCUT2D eigenvalue weighted by molar-refractivity contribution is 9.10. The van der Waals surface area contributed by atoms with Crippen molar-refractivity contribution >= 4 is 39.1 Å². The Balaban J connectivity index is 2.00. The van der Waals surface area contributed by atoms with E-state index in [2.05, 4.69) is 21.2 Å². The molecule has 0 aliphatic heterocycles. The standard InChI is InChI=1S/C17H17BrClNO2/c1-10-4-5-14(7-11(10)2)20-16(21)9-22-17-12(3)6-13(18)8-15(17)19/h4-8H,9H2,1-3H3,(H,20,21). The second kappa shape index (κ2) is 7.16. The van der Waals surface area contributed by atoms with Gasteiger partial charge < -0.3 is 10.1 Å². The Morgan fingerprint density at radius 2 is 1.86 bits per heavy atom. The highest BCUT2D eigenvalue weighted by atomic mass is 79.9. The third kappa shape index (κ3) is 4.24. The fourth-order valence-corrected chi connectivity index (χ4v) is 3.05. The van der Waals surface area contributed by atoms with Gasteiger partial charge in [0.15, 0.2) is 6.61 Å². The summed E-state index contributed by atoms with van der Waals surface area (Å²) in [5, 5.41) is 3.29. The molecular formula is C17H17BrClNO2. The predicted octanol–water partition coefficient (Wildman–Crippen LogP) is 5.05. The maximum Gasteiger partial charge on any atom is 0.262 e. The van der Waals surface area contributed by atoms with Gasteiger partial charge in [-0.15, -0.1) is 0 Å². The van der Waals surface area contributed by atoms with E-state index in [1.54, 1.807) is 6.07 Å². The van der Waals surface area contributed by atoms with E-state index in [0.29, 0.717) is 10.8 Å². The molecule has 0 aromatic heterocycles. The fraction of sp³-hybridized carbons (Fsp3) is 0.235. The lowest BCUT2D eigenvalue weighted by atomic mass is 10.1. The number of carbonyl (C=O) groups is 1. The van der Waals surface area contributed by atoms with Gasteiger partial charge in [-0.2, -0.15) is 0 Å². The first kappa shape index (κ1) is 16.8. The van der Waals surface area contributed by atoms with Crippen molar-refractivity contribution in [3.8, 4) is 5.75 Å². The Morgan fingerprint density at radius 1 is 1.14 bits per heavy atom. The number of carbonyl (C=O) groups excluding carboxylic acids is 1. The van der Waals surface area contributed by atoms with Gasteiger partial charge in [-0.25, -0.2) is 0 Å². The maximum atomic E-state index is 12.0. The number of aryl methyl sites for hydroxylation is 3. The van der Waals surface area contributed by atoms with Crippen LogP contribution in [-0.2, 0) is 4.79 Å². The van der Waals surface area contributed by atoms with Crippen molar-refractivity contribution in [2.45, 2.75) is 20.8 Å². The molecule has 0 saturated heterocycles. The summed E-state index contributed by atoms with van der Waals surface area (Å²) in [5.41, 5.74) is 3.95. The van der Waals surface area contributed by atoms with E-state index in [0.717, 1.165) is 21.3 Å². The van der Waals surface area contributed by atoms with E-state index >= 15 is 0 Å². The molecule has 1 amide bonds. The van der Waals surface area contributed by atoms with Crippen LogP contribution in [0.4, 0.5) is 5.69 Å². The number of anilines is 1. The number of ether oxygens (including phenoxy) is 1. The summed E-state index contributed by atoms with van der Waals surface area (Å²) in [6, 6.07) is 9.41. The Kier molecular flexibility index (Phi) is 5.48. The highest BCUT2D eigenvalue weighted by Gasteiger charge is 2.10. The van der Waals surface area contributed by atoms with Crippen LogP contribution in [0.25, 0.3) is 0 Å². The van der Waals surface area contributed by atoms with Crippen LogP contribution in [0.15, 0.2) is 34.8 Å². The predicted molar refractivity (Wildman–Crippen MR) is 93.9 cm³/mol. The van der Waals surface area contributed by atoms with E-state index in [9.17, 15) is 4.79 Å². The lowest BCUT2D eigenvalue weighted by Gasteiger charge is -2.12. The Morgan fingerprint density at radius 3 is 2.50 bits per heavy atom. The molecule has 0 atom stereocenters.